The lowest BCUT2D eigenvalue weighted by molar-refractivity contribution is 1.54. The Bertz CT molecular complexity index is 431. The molecule has 0 bridgehead atoms. The van der Waals surface area contributed by atoms with Gasteiger partial charge >= 0.3 is 0 Å². The number of nitrogens with two attached hydrogens (primary N) is 1. The monoisotopic (exact) mass is 195 g/mol. The number of thiophene rings is 1. The van der Waals surface area contributed by atoms with E-state index in [0.717, 1.165) is 15.3 Å². The number of hydrogen-bond donors (Lipinski definition) is 2. The van der Waals surface area contributed by atoms with E-state index in [1.807, 2.05) is 6.07 Å². The molecule has 12 heavy (non-hydrogen) atoms. The van der Waals surface area contributed by atoms with E-state index in [1.165, 1.54) is 10.3 Å². The van der Waals surface area contributed by atoms with Gasteiger partial charge in [-0.1, -0.05) is 12.1 Å². The van der Waals surface area contributed by atoms with Gasteiger partial charge < -0.3 is 5.73 Å². The molecule has 0 saturated carbocycles. The quantitative estimate of drug-likeness (QED) is 0.621. The second-order valence-electron chi connectivity index (χ2n) is 2.77. The zero-order valence-corrected chi connectivity index (χ0v) is 8.38. The van der Waals surface area contributed by atoms with Crippen molar-refractivity contribution in [2.45, 2.75) is 11.1 Å². The fourth-order valence-corrected chi connectivity index (χ4v) is 2.68. The van der Waals surface area contributed by atoms with Crippen molar-refractivity contribution < 1.29 is 0 Å². The summed E-state index contributed by atoms with van der Waals surface area (Å²) in [5.41, 5.74) is 7.91. The van der Waals surface area contributed by atoms with Crippen LogP contribution in [0.25, 0.3) is 10.1 Å². The normalized spacial score (nSPS) is 10.8. The van der Waals surface area contributed by atoms with E-state index >= 15 is 0 Å². The fraction of sp³-hybridized carbons (Fsp3) is 0.111. The summed E-state index contributed by atoms with van der Waals surface area (Å²) in [7, 11) is 0. The second kappa shape index (κ2) is 2.68. The van der Waals surface area contributed by atoms with Gasteiger partial charge in [-0.05, 0) is 18.6 Å². The first-order valence-electron chi connectivity index (χ1n) is 3.66. The first-order chi connectivity index (χ1) is 5.70. The van der Waals surface area contributed by atoms with Crippen LogP contribution in [0.1, 0.15) is 5.56 Å². The van der Waals surface area contributed by atoms with E-state index < -0.39 is 0 Å². The lowest BCUT2D eigenvalue weighted by atomic mass is 10.1. The van der Waals surface area contributed by atoms with Gasteiger partial charge in [0.15, 0.2) is 0 Å². The number of aryl methyl sites for hydroxylation is 1. The Hall–Kier alpha value is -0.670. The molecule has 0 aliphatic rings. The Labute approximate surface area is 80.6 Å². The van der Waals surface area contributed by atoms with Crippen molar-refractivity contribution in [3.63, 3.8) is 0 Å². The van der Waals surface area contributed by atoms with E-state index in [-0.39, 0.29) is 0 Å². The summed E-state index contributed by atoms with van der Waals surface area (Å²) >= 11 is 5.93. The van der Waals surface area contributed by atoms with Crippen LogP contribution in [0.4, 0.5) is 5.69 Å². The van der Waals surface area contributed by atoms with Crippen molar-refractivity contribution in [2.24, 2.45) is 0 Å². The van der Waals surface area contributed by atoms with Crippen molar-refractivity contribution in [3.05, 3.63) is 23.8 Å². The number of benzene rings is 1. The van der Waals surface area contributed by atoms with E-state index in [0.29, 0.717) is 0 Å². The van der Waals surface area contributed by atoms with Crippen molar-refractivity contribution in [1.82, 2.24) is 0 Å². The second-order valence-corrected chi connectivity index (χ2v) is 4.57. The third-order valence-electron chi connectivity index (χ3n) is 1.94. The van der Waals surface area contributed by atoms with Gasteiger partial charge in [-0.25, -0.2) is 0 Å². The Morgan fingerprint density at radius 1 is 1.42 bits per heavy atom. The Kier molecular flexibility index (Phi) is 1.77. The zero-order chi connectivity index (χ0) is 8.72. The van der Waals surface area contributed by atoms with Crippen LogP contribution in [0, 0.1) is 6.92 Å². The molecule has 0 aliphatic heterocycles. The van der Waals surface area contributed by atoms with Crippen molar-refractivity contribution in [2.75, 3.05) is 5.73 Å². The van der Waals surface area contributed by atoms with Crippen molar-refractivity contribution in [1.29, 1.82) is 0 Å². The predicted octanol–water partition coefficient (Wildman–Crippen LogP) is 3.08. The summed E-state index contributed by atoms with van der Waals surface area (Å²) < 4.78 is 2.14. The average Bonchev–Trinajstić information content (AvgIpc) is 2.29. The minimum Gasteiger partial charge on any atom is -0.397 e. The molecule has 2 N–H and O–H groups in total. The van der Waals surface area contributed by atoms with Gasteiger partial charge in [0, 0.05) is 10.1 Å². The number of anilines is 1. The first-order valence-corrected chi connectivity index (χ1v) is 4.93. The highest BCUT2D eigenvalue weighted by molar-refractivity contribution is 7.83. The maximum Gasteiger partial charge on any atom is 0.0811 e. The van der Waals surface area contributed by atoms with E-state index in [1.54, 1.807) is 11.3 Å². The Balaban J connectivity index is 2.97. The molecular formula is C9H9NS2. The topological polar surface area (TPSA) is 26.0 Å². The van der Waals surface area contributed by atoms with Gasteiger partial charge in [0.05, 0.1) is 9.90 Å². The smallest absolute Gasteiger partial charge is 0.0811 e. The maximum atomic E-state index is 5.87. The summed E-state index contributed by atoms with van der Waals surface area (Å²) in [6.45, 7) is 2.07. The molecule has 0 atom stereocenters. The van der Waals surface area contributed by atoms with Gasteiger partial charge in [-0.15, -0.1) is 24.0 Å². The molecule has 2 aromatic rings. The molecule has 1 aromatic heterocycles. The molecule has 3 heteroatoms. The molecule has 1 nitrogen and oxygen atoms in total. The third-order valence-corrected chi connectivity index (χ3v) is 3.43. The minimum atomic E-state index is 0.816. The van der Waals surface area contributed by atoms with Gasteiger partial charge in [0.25, 0.3) is 0 Å². The fourth-order valence-electron chi connectivity index (χ4n) is 1.34. The summed E-state index contributed by atoms with van der Waals surface area (Å²) in [6.07, 6.45) is 0. The molecule has 62 valence electrons. The number of hydrogen-bond acceptors (Lipinski definition) is 3. The van der Waals surface area contributed by atoms with Gasteiger partial charge in [-0.3, -0.25) is 0 Å². The highest BCUT2D eigenvalue weighted by atomic mass is 32.2. The SMILES string of the molecule is Cc1cccc2sc(S)c(N)c12. The van der Waals surface area contributed by atoms with Crippen LogP contribution in [0.2, 0.25) is 0 Å². The molecule has 0 aliphatic carbocycles. The highest BCUT2D eigenvalue weighted by Gasteiger charge is 2.07. The van der Waals surface area contributed by atoms with Gasteiger partial charge in [0.1, 0.15) is 0 Å². The molecule has 2 rings (SSSR count). The van der Waals surface area contributed by atoms with Gasteiger partial charge in [0.2, 0.25) is 0 Å². The Morgan fingerprint density at radius 3 is 2.83 bits per heavy atom. The average molecular weight is 195 g/mol. The van der Waals surface area contributed by atoms with Crippen LogP contribution >= 0.6 is 24.0 Å². The van der Waals surface area contributed by atoms with E-state index in [9.17, 15) is 0 Å². The molecule has 0 radical (unpaired) electrons. The molecule has 1 heterocycles. The molecule has 0 spiro atoms. The minimum absolute atomic E-state index is 0.816. The summed E-state index contributed by atoms with van der Waals surface area (Å²) in [5.74, 6) is 0. The lowest BCUT2D eigenvalue weighted by Gasteiger charge is -1.95. The summed E-state index contributed by atoms with van der Waals surface area (Å²) in [5, 5.41) is 1.16. The predicted molar refractivity (Wildman–Crippen MR) is 58.2 cm³/mol. The third kappa shape index (κ3) is 1.01. The lowest BCUT2D eigenvalue weighted by Crippen LogP contribution is -1.84. The van der Waals surface area contributed by atoms with E-state index in [2.05, 4.69) is 31.7 Å². The summed E-state index contributed by atoms with van der Waals surface area (Å²) in [6, 6.07) is 6.18. The molecule has 0 amide bonds. The molecule has 1 aromatic carbocycles. The molecule has 0 saturated heterocycles. The van der Waals surface area contributed by atoms with Crippen LogP contribution in [-0.2, 0) is 0 Å². The van der Waals surface area contributed by atoms with Crippen LogP contribution in [0.3, 0.4) is 0 Å². The van der Waals surface area contributed by atoms with Crippen LogP contribution in [-0.4, -0.2) is 0 Å². The van der Waals surface area contributed by atoms with Crippen molar-refractivity contribution in [3.8, 4) is 0 Å². The largest absolute Gasteiger partial charge is 0.397 e. The number of fused-ring (bicyclic) bond motifs is 1. The van der Waals surface area contributed by atoms with Crippen LogP contribution in [0.15, 0.2) is 22.4 Å². The van der Waals surface area contributed by atoms with Gasteiger partial charge in [-0.2, -0.15) is 0 Å². The summed E-state index contributed by atoms with van der Waals surface area (Å²) in [4.78, 5) is 0. The van der Waals surface area contributed by atoms with E-state index in [4.69, 9.17) is 5.73 Å². The standard InChI is InChI=1S/C9H9NS2/c1-5-3-2-4-6-7(5)8(10)9(11)12-6/h2-4,11H,10H2,1H3. The molecule has 0 unspecified atom stereocenters. The number of thiol groups is 1. The van der Waals surface area contributed by atoms with Crippen LogP contribution < -0.4 is 5.73 Å². The number of nitrogen functional groups attached to an aromatic ring is 1. The molecule has 0 fully saturated rings. The maximum absolute atomic E-state index is 5.87. The molecular weight excluding hydrogens is 186 g/mol. The zero-order valence-electron chi connectivity index (χ0n) is 6.66. The van der Waals surface area contributed by atoms with Crippen molar-refractivity contribution >= 4 is 39.7 Å². The Morgan fingerprint density at radius 2 is 2.17 bits per heavy atom. The number of rotatable bonds is 0. The van der Waals surface area contributed by atoms with Crippen LogP contribution in [0.5, 0.6) is 0 Å². The highest BCUT2D eigenvalue weighted by Crippen LogP contribution is 2.37. The first kappa shape index (κ1) is 7.95.